The lowest BCUT2D eigenvalue weighted by Crippen LogP contribution is -2.34. The van der Waals surface area contributed by atoms with E-state index in [1.807, 2.05) is 35.6 Å². The Morgan fingerprint density at radius 2 is 1.96 bits per heavy atom. The van der Waals surface area contributed by atoms with Gasteiger partial charge in [-0.3, -0.25) is 0 Å². The van der Waals surface area contributed by atoms with E-state index in [2.05, 4.69) is 4.90 Å². The summed E-state index contributed by atoms with van der Waals surface area (Å²) in [5.74, 6) is -2.63. The number of nitrogens with zero attached hydrogens (tertiary/aromatic N) is 1. The van der Waals surface area contributed by atoms with Crippen LogP contribution in [0.4, 0.5) is 10.1 Å². The van der Waals surface area contributed by atoms with Crippen LogP contribution in [0.25, 0.3) is 0 Å². The summed E-state index contributed by atoms with van der Waals surface area (Å²) in [5, 5.41) is 15.6. The van der Waals surface area contributed by atoms with Crippen LogP contribution in [0.5, 0.6) is 0 Å². The second kappa shape index (κ2) is 8.82. The second-order valence-corrected chi connectivity index (χ2v) is 6.24. The first kappa shape index (κ1) is 19.4. The van der Waals surface area contributed by atoms with Gasteiger partial charge in [0.1, 0.15) is 5.82 Å². The van der Waals surface area contributed by atoms with E-state index in [9.17, 15) is 14.0 Å². The zero-order chi connectivity index (χ0) is 17.6. The maximum atomic E-state index is 13.3. The van der Waals surface area contributed by atoms with Crippen LogP contribution in [-0.2, 0) is 16.0 Å². The molecular formula is C15H18FIN2O4. The Morgan fingerprint density at radius 3 is 2.43 bits per heavy atom. The molecule has 0 amide bonds. The number of hydrogen-bond donors (Lipinski definition) is 3. The molecule has 0 unspecified atom stereocenters. The Labute approximate surface area is 146 Å². The summed E-state index contributed by atoms with van der Waals surface area (Å²) in [6.07, 6.45) is 2.04. The predicted octanol–water partition coefficient (Wildman–Crippen LogP) is 1.85. The van der Waals surface area contributed by atoms with Gasteiger partial charge in [0, 0.05) is 37.0 Å². The fourth-order valence-electron chi connectivity index (χ4n) is 2.13. The first-order chi connectivity index (χ1) is 10.7. The fraction of sp³-hybridized carbons (Fsp3) is 0.333. The van der Waals surface area contributed by atoms with Gasteiger partial charge in [-0.2, -0.15) is 0 Å². The van der Waals surface area contributed by atoms with E-state index in [0.29, 0.717) is 15.7 Å². The predicted molar refractivity (Wildman–Crippen MR) is 93.1 cm³/mol. The van der Waals surface area contributed by atoms with Gasteiger partial charge in [0.25, 0.3) is 0 Å². The topological polar surface area (TPSA) is 104 Å². The molecule has 0 bridgehead atoms. The van der Waals surface area contributed by atoms with Gasteiger partial charge in [-0.15, -0.1) is 0 Å². The van der Waals surface area contributed by atoms with Gasteiger partial charge in [0.15, 0.2) is 0 Å². The Kier molecular flexibility index (Phi) is 7.43. The highest BCUT2D eigenvalue weighted by Crippen LogP contribution is 2.31. The van der Waals surface area contributed by atoms with Crippen molar-refractivity contribution in [2.24, 2.45) is 5.73 Å². The molecule has 1 aromatic carbocycles. The summed E-state index contributed by atoms with van der Waals surface area (Å²) < 4.78 is 14.0. The van der Waals surface area contributed by atoms with E-state index in [-0.39, 0.29) is 11.9 Å². The Morgan fingerprint density at radius 1 is 1.39 bits per heavy atom. The molecule has 1 atom stereocenters. The standard InChI is InChI=1S/C11H14FIN2.C4H4O4/c1-7(14)6-15-3-2-8-4-9(12)10(13)5-11(8)15;5-3(6)1-2-4(7)8/h4-5,7H,2-3,6,14H2,1H3;1-2H,(H,5,6)(H,7,8)/t7-;/m0./s1. The highest BCUT2D eigenvalue weighted by atomic mass is 127. The minimum absolute atomic E-state index is 0.114. The number of hydrogen-bond acceptors (Lipinski definition) is 4. The molecule has 4 N–H and O–H groups in total. The lowest BCUT2D eigenvalue weighted by atomic mass is 10.1. The molecular weight excluding hydrogens is 418 g/mol. The maximum Gasteiger partial charge on any atom is 0.328 e. The normalized spacial score (nSPS) is 14.2. The number of halogens is 2. The van der Waals surface area contributed by atoms with E-state index in [4.69, 9.17) is 15.9 Å². The molecule has 1 aliphatic rings. The van der Waals surface area contributed by atoms with Crippen molar-refractivity contribution in [3.63, 3.8) is 0 Å². The summed E-state index contributed by atoms with van der Waals surface area (Å²) in [4.78, 5) is 21.3. The van der Waals surface area contributed by atoms with Crippen LogP contribution in [0.15, 0.2) is 24.3 Å². The van der Waals surface area contributed by atoms with Crippen molar-refractivity contribution >= 4 is 40.2 Å². The molecule has 1 aliphatic heterocycles. The maximum absolute atomic E-state index is 13.3. The number of anilines is 1. The van der Waals surface area contributed by atoms with Gasteiger partial charge >= 0.3 is 11.9 Å². The largest absolute Gasteiger partial charge is 0.478 e. The Hall–Kier alpha value is -1.68. The number of aliphatic carboxylic acids is 2. The van der Waals surface area contributed by atoms with Crippen LogP contribution in [0.2, 0.25) is 0 Å². The Bertz CT molecular complexity index is 604. The first-order valence-electron chi connectivity index (χ1n) is 6.83. The third-order valence-corrected chi connectivity index (χ3v) is 3.82. The van der Waals surface area contributed by atoms with Crippen molar-refractivity contribution in [3.8, 4) is 0 Å². The smallest absolute Gasteiger partial charge is 0.328 e. The summed E-state index contributed by atoms with van der Waals surface area (Å²) in [7, 11) is 0. The minimum atomic E-state index is -1.26. The van der Waals surface area contributed by atoms with E-state index < -0.39 is 11.9 Å². The third kappa shape index (κ3) is 6.53. The summed E-state index contributed by atoms with van der Waals surface area (Å²) in [6.45, 7) is 3.79. The van der Waals surface area contributed by atoms with Crippen LogP contribution in [0.3, 0.4) is 0 Å². The molecule has 0 aliphatic carbocycles. The van der Waals surface area contributed by atoms with Gasteiger partial charge in [-0.1, -0.05) is 0 Å². The molecule has 1 aromatic rings. The van der Waals surface area contributed by atoms with Crippen molar-refractivity contribution in [3.05, 3.63) is 39.2 Å². The minimum Gasteiger partial charge on any atom is -0.478 e. The van der Waals surface area contributed by atoms with Gasteiger partial charge in [-0.05, 0) is 53.6 Å². The van der Waals surface area contributed by atoms with Crippen molar-refractivity contribution < 1.29 is 24.2 Å². The van der Waals surface area contributed by atoms with Crippen LogP contribution < -0.4 is 10.6 Å². The molecule has 6 nitrogen and oxygen atoms in total. The molecule has 0 saturated heterocycles. The zero-order valence-electron chi connectivity index (χ0n) is 12.5. The highest BCUT2D eigenvalue weighted by Gasteiger charge is 2.21. The summed E-state index contributed by atoms with van der Waals surface area (Å²) in [5.41, 5.74) is 8.04. The number of nitrogens with two attached hydrogens (primary N) is 1. The lowest BCUT2D eigenvalue weighted by Gasteiger charge is -2.21. The number of carboxylic acid groups (broad SMARTS) is 2. The van der Waals surface area contributed by atoms with Gasteiger partial charge in [0.05, 0.1) is 3.57 Å². The molecule has 0 radical (unpaired) electrons. The Balaban J connectivity index is 0.000000284. The van der Waals surface area contributed by atoms with E-state index in [1.165, 1.54) is 0 Å². The van der Waals surface area contributed by atoms with Crippen LogP contribution in [0, 0.1) is 9.39 Å². The monoisotopic (exact) mass is 436 g/mol. The molecule has 0 spiro atoms. The van der Waals surface area contributed by atoms with Crippen LogP contribution in [0.1, 0.15) is 12.5 Å². The number of carbonyl (C=O) groups is 2. The van der Waals surface area contributed by atoms with Gasteiger partial charge in [0.2, 0.25) is 0 Å². The van der Waals surface area contributed by atoms with Crippen LogP contribution >= 0.6 is 22.6 Å². The number of carboxylic acids is 2. The molecule has 126 valence electrons. The summed E-state index contributed by atoms with van der Waals surface area (Å²) in [6, 6.07) is 3.72. The SMILES string of the molecule is C[C@H](N)CN1CCc2cc(F)c(I)cc21.O=C(O)C=CC(=O)O. The van der Waals surface area contributed by atoms with Gasteiger partial charge < -0.3 is 20.8 Å². The molecule has 0 aromatic heterocycles. The molecule has 8 heteroatoms. The summed E-state index contributed by atoms with van der Waals surface area (Å²) >= 11 is 2.03. The zero-order valence-corrected chi connectivity index (χ0v) is 14.7. The average molecular weight is 436 g/mol. The molecule has 1 heterocycles. The van der Waals surface area contributed by atoms with E-state index in [0.717, 1.165) is 30.8 Å². The molecule has 23 heavy (non-hydrogen) atoms. The molecule has 0 fully saturated rings. The van der Waals surface area contributed by atoms with Crippen molar-refractivity contribution in [2.45, 2.75) is 19.4 Å². The quantitative estimate of drug-likeness (QED) is 0.492. The van der Waals surface area contributed by atoms with E-state index in [1.54, 1.807) is 6.07 Å². The number of rotatable bonds is 4. The third-order valence-electron chi connectivity index (χ3n) is 2.99. The average Bonchev–Trinajstić information content (AvgIpc) is 2.79. The van der Waals surface area contributed by atoms with Crippen molar-refractivity contribution in [2.75, 3.05) is 18.0 Å². The second-order valence-electron chi connectivity index (χ2n) is 5.08. The van der Waals surface area contributed by atoms with Crippen LogP contribution in [-0.4, -0.2) is 41.3 Å². The van der Waals surface area contributed by atoms with Crippen molar-refractivity contribution in [1.82, 2.24) is 0 Å². The van der Waals surface area contributed by atoms with Gasteiger partial charge in [-0.25, -0.2) is 14.0 Å². The van der Waals surface area contributed by atoms with Crippen molar-refractivity contribution in [1.29, 1.82) is 0 Å². The van der Waals surface area contributed by atoms with E-state index >= 15 is 0 Å². The lowest BCUT2D eigenvalue weighted by molar-refractivity contribution is -0.134. The number of benzene rings is 1. The molecule has 2 rings (SSSR count). The highest BCUT2D eigenvalue weighted by molar-refractivity contribution is 14.1. The first-order valence-corrected chi connectivity index (χ1v) is 7.91. The number of fused-ring (bicyclic) bond motifs is 1. The fourth-order valence-corrected chi connectivity index (χ4v) is 2.58. The molecule has 0 saturated carbocycles.